The number of carbonyl (C=O) groups is 2. The summed E-state index contributed by atoms with van der Waals surface area (Å²) in [4.78, 5) is 38.0. The van der Waals surface area contributed by atoms with Gasteiger partial charge in [-0.1, -0.05) is 87.4 Å². The van der Waals surface area contributed by atoms with E-state index in [4.69, 9.17) is 14.1 Å². The van der Waals surface area contributed by atoms with Gasteiger partial charge in [0.05, 0.1) is 29.9 Å². The van der Waals surface area contributed by atoms with Crippen molar-refractivity contribution in [3.05, 3.63) is 78.1 Å². The van der Waals surface area contributed by atoms with Crippen LogP contribution < -0.4 is 10.6 Å². The maximum Gasteiger partial charge on any atom is 0.481 e. The minimum Gasteiger partial charge on any atom is -0.404 e. The van der Waals surface area contributed by atoms with E-state index in [0.29, 0.717) is 35.2 Å². The van der Waals surface area contributed by atoms with Crippen LogP contribution in [0.5, 0.6) is 0 Å². The molecule has 4 fully saturated rings. The van der Waals surface area contributed by atoms with Crippen LogP contribution >= 0.6 is 0 Å². The van der Waals surface area contributed by atoms with E-state index in [1.165, 1.54) is 0 Å². The first kappa shape index (κ1) is 32.7. The number of aliphatic hydroxyl groups is 1. The zero-order valence-electron chi connectivity index (χ0n) is 28.3. The van der Waals surface area contributed by atoms with Gasteiger partial charge in [-0.25, -0.2) is 0 Å². The molecule has 0 spiro atoms. The summed E-state index contributed by atoms with van der Waals surface area (Å²) in [7, 11) is -0.637. The summed E-state index contributed by atoms with van der Waals surface area (Å²) in [5.41, 5.74) is -0.780. The Morgan fingerprint density at radius 1 is 1.04 bits per heavy atom. The topological polar surface area (TPSA) is 131 Å². The van der Waals surface area contributed by atoms with Gasteiger partial charge in [0.25, 0.3) is 11.8 Å². The highest BCUT2D eigenvalue weighted by Gasteiger charge is 2.68. The molecule has 11 heteroatoms. The standard InChI is InChI=1S/C37H45BN4O6/c1-22(2)17-30(38-46-29-19-25-18-28(35(25,3)4)36(29,5)47-38)41-34(45)37(32(43)24-12-7-6-8-13-24)20-26(42-48-37)21-40-33(44)31-27-14-10-9-11-23(27)15-16-39-31/h6-16,22,25,28-30,32,43H,17-21H2,1-5H3,(H,40,44)(H,41,45)/t25-,28-,29+,30-,32?,36-,37?/m0/s1. The third-order valence-corrected chi connectivity index (χ3v) is 11.4. The van der Waals surface area contributed by atoms with Gasteiger partial charge >= 0.3 is 7.12 Å². The molecule has 1 aromatic heterocycles. The van der Waals surface area contributed by atoms with Crippen LogP contribution in [-0.2, 0) is 18.9 Å². The number of oxime groups is 1. The highest BCUT2D eigenvalue weighted by molar-refractivity contribution is 6.48. The number of pyridine rings is 1. The zero-order valence-corrected chi connectivity index (χ0v) is 28.3. The van der Waals surface area contributed by atoms with Gasteiger partial charge in [0, 0.05) is 18.0 Å². The number of nitrogens with zero attached hydrogens (tertiary/aromatic N) is 2. The van der Waals surface area contributed by atoms with Crippen molar-refractivity contribution >= 4 is 35.4 Å². The van der Waals surface area contributed by atoms with E-state index in [1.54, 1.807) is 30.5 Å². The lowest BCUT2D eigenvalue weighted by molar-refractivity contribution is -0.199. The molecule has 2 amide bonds. The smallest absolute Gasteiger partial charge is 0.404 e. The van der Waals surface area contributed by atoms with Gasteiger partial charge in [-0.15, -0.1) is 0 Å². The fourth-order valence-corrected chi connectivity index (χ4v) is 8.58. The van der Waals surface area contributed by atoms with Gasteiger partial charge in [0.2, 0.25) is 5.60 Å². The van der Waals surface area contributed by atoms with Crippen molar-refractivity contribution in [3.8, 4) is 0 Å². The maximum absolute atomic E-state index is 14.5. The first-order valence-corrected chi connectivity index (χ1v) is 17.2. The van der Waals surface area contributed by atoms with Crippen molar-refractivity contribution in [2.75, 3.05) is 6.54 Å². The molecule has 2 bridgehead atoms. The zero-order chi connectivity index (χ0) is 33.8. The van der Waals surface area contributed by atoms with Crippen LogP contribution in [0.4, 0.5) is 0 Å². The second kappa shape index (κ2) is 12.3. The van der Waals surface area contributed by atoms with E-state index in [2.05, 4.69) is 55.4 Å². The molecule has 5 aliphatic rings. The molecule has 2 unspecified atom stereocenters. The quantitative estimate of drug-likeness (QED) is 0.263. The fourth-order valence-electron chi connectivity index (χ4n) is 8.58. The van der Waals surface area contributed by atoms with Gasteiger partial charge in [-0.2, -0.15) is 0 Å². The Labute approximate surface area is 282 Å². The molecule has 2 aromatic carbocycles. The number of hydrogen-bond donors (Lipinski definition) is 3. The number of fused-ring (bicyclic) bond motifs is 1. The van der Waals surface area contributed by atoms with Gasteiger partial charge in [-0.05, 0) is 66.4 Å². The van der Waals surface area contributed by atoms with E-state index < -0.39 is 36.3 Å². The summed E-state index contributed by atoms with van der Waals surface area (Å²) in [5, 5.41) is 23.7. The van der Waals surface area contributed by atoms with Crippen LogP contribution in [-0.4, -0.2) is 64.5 Å². The van der Waals surface area contributed by atoms with E-state index in [1.807, 2.05) is 36.4 Å². The number of aromatic nitrogens is 1. The van der Waals surface area contributed by atoms with Crippen LogP contribution in [0.3, 0.4) is 0 Å². The molecule has 3 heterocycles. The SMILES string of the molecule is CC(C)C[C@H](NC(=O)C1(C(O)c2ccccc2)CC(CNC(=O)c2nccc3ccccc23)=NO1)B1O[C@@H]2C[C@@H]3C[C@@H](C3(C)C)[C@]2(C)O1. The van der Waals surface area contributed by atoms with Gasteiger partial charge < -0.3 is 29.9 Å². The van der Waals surface area contributed by atoms with Gasteiger partial charge in [0.15, 0.2) is 0 Å². The van der Waals surface area contributed by atoms with Crippen molar-refractivity contribution in [1.82, 2.24) is 15.6 Å². The van der Waals surface area contributed by atoms with E-state index in [0.717, 1.165) is 23.6 Å². The Kier molecular flexibility index (Phi) is 8.37. The average molecular weight is 653 g/mol. The highest BCUT2D eigenvalue weighted by atomic mass is 16.7. The first-order valence-electron chi connectivity index (χ1n) is 17.2. The van der Waals surface area contributed by atoms with Crippen molar-refractivity contribution in [2.45, 2.75) is 89.7 Å². The first-order chi connectivity index (χ1) is 22.9. The Bertz CT molecular complexity index is 1730. The summed E-state index contributed by atoms with van der Waals surface area (Å²) in [6, 6.07) is 18.3. The Balaban J connectivity index is 1.10. The van der Waals surface area contributed by atoms with Crippen LogP contribution in [0.25, 0.3) is 10.8 Å². The van der Waals surface area contributed by atoms with E-state index in [9.17, 15) is 14.7 Å². The number of aliphatic hydroxyl groups excluding tert-OH is 1. The predicted octanol–water partition coefficient (Wildman–Crippen LogP) is 5.01. The summed E-state index contributed by atoms with van der Waals surface area (Å²) in [6.45, 7) is 11.0. The number of amides is 2. The minimum absolute atomic E-state index is 0.0168. The molecular formula is C37H45BN4O6. The molecule has 1 saturated heterocycles. The second-order valence-corrected chi connectivity index (χ2v) is 15.2. The van der Waals surface area contributed by atoms with E-state index in [-0.39, 0.29) is 36.3 Å². The summed E-state index contributed by atoms with van der Waals surface area (Å²) >= 11 is 0. The third-order valence-electron chi connectivity index (χ3n) is 11.4. The monoisotopic (exact) mass is 652 g/mol. The Morgan fingerprint density at radius 3 is 2.54 bits per heavy atom. The molecule has 2 aliphatic heterocycles. The molecule has 8 rings (SSSR count). The lowest BCUT2D eigenvalue weighted by Crippen LogP contribution is -2.65. The Morgan fingerprint density at radius 2 is 1.79 bits per heavy atom. The molecular weight excluding hydrogens is 607 g/mol. The lowest BCUT2D eigenvalue weighted by atomic mass is 9.43. The normalized spacial score (nSPS) is 29.8. The van der Waals surface area contributed by atoms with Crippen LogP contribution in [0.2, 0.25) is 0 Å². The molecule has 48 heavy (non-hydrogen) atoms. The average Bonchev–Trinajstić information content (AvgIpc) is 3.68. The molecule has 7 atom stereocenters. The predicted molar refractivity (Wildman–Crippen MR) is 183 cm³/mol. The van der Waals surface area contributed by atoms with E-state index >= 15 is 0 Å². The van der Waals surface area contributed by atoms with Crippen LogP contribution in [0.1, 0.15) is 82.5 Å². The summed E-state index contributed by atoms with van der Waals surface area (Å²) in [5.74, 6) is -0.151. The second-order valence-electron chi connectivity index (χ2n) is 15.2. The van der Waals surface area contributed by atoms with Crippen LogP contribution in [0.15, 0.2) is 72.0 Å². The number of nitrogens with one attached hydrogen (secondary N) is 2. The lowest BCUT2D eigenvalue weighted by Gasteiger charge is -2.64. The van der Waals surface area contributed by atoms with Crippen molar-refractivity contribution in [3.63, 3.8) is 0 Å². The summed E-state index contributed by atoms with van der Waals surface area (Å²) < 4.78 is 13.4. The molecule has 3 saturated carbocycles. The van der Waals surface area contributed by atoms with Crippen molar-refractivity contribution in [2.24, 2.45) is 28.3 Å². The van der Waals surface area contributed by atoms with Gasteiger partial charge in [0.1, 0.15) is 11.8 Å². The van der Waals surface area contributed by atoms with Crippen LogP contribution in [0, 0.1) is 23.2 Å². The fraction of sp³-hybridized carbons (Fsp3) is 0.514. The molecule has 252 valence electrons. The third kappa shape index (κ3) is 5.49. The molecule has 10 nitrogen and oxygen atoms in total. The number of carbonyl (C=O) groups excluding carboxylic acids is 2. The number of hydrogen-bond acceptors (Lipinski definition) is 8. The highest BCUT2D eigenvalue weighted by Crippen LogP contribution is 2.65. The summed E-state index contributed by atoms with van der Waals surface area (Å²) in [6.07, 6.45) is 2.87. The largest absolute Gasteiger partial charge is 0.481 e. The van der Waals surface area contributed by atoms with Gasteiger partial charge in [-0.3, -0.25) is 14.6 Å². The molecule has 0 radical (unpaired) electrons. The van der Waals surface area contributed by atoms with Crippen molar-refractivity contribution in [1.29, 1.82) is 0 Å². The molecule has 3 N–H and O–H groups in total. The molecule has 3 aliphatic carbocycles. The van der Waals surface area contributed by atoms with Crippen molar-refractivity contribution < 1.29 is 28.8 Å². The number of rotatable bonds is 10. The molecule has 3 aromatic rings. The Hall–Kier alpha value is -3.80. The maximum atomic E-state index is 14.5. The number of benzene rings is 2. The minimum atomic E-state index is -1.77.